The summed E-state index contributed by atoms with van der Waals surface area (Å²) in [4.78, 5) is 36.1. The Balaban J connectivity index is 1.21. The number of benzene rings is 1. The number of hydrogen-bond acceptors (Lipinski definition) is 6. The lowest BCUT2D eigenvalue weighted by Crippen LogP contribution is -2.30. The van der Waals surface area contributed by atoms with Crippen molar-refractivity contribution >= 4 is 23.7 Å². The molecule has 0 radical (unpaired) electrons. The fourth-order valence-electron chi connectivity index (χ4n) is 5.62. The Hall–Kier alpha value is -3.55. The van der Waals surface area contributed by atoms with E-state index in [-0.39, 0.29) is 46.6 Å². The number of nitrogens with zero attached hydrogens (tertiary/aromatic N) is 3. The van der Waals surface area contributed by atoms with E-state index in [9.17, 15) is 19.7 Å². The van der Waals surface area contributed by atoms with E-state index in [0.717, 1.165) is 17.9 Å². The molecule has 2 heterocycles. The largest absolute Gasteiger partial charge is 0.455 e. The standard InChI is InChI=1S/C22H17N3O5/c26-20-18-15-6-7-16(22(15)9-10-22)19(18)21(27)24(20)23-11-14-5-8-17(30-14)12-1-3-13(4-2-12)25(28)29/h1-8,11,15-16,18-19H,9-10H2/b23-11-/t15-,16+,18-,19+. The summed E-state index contributed by atoms with van der Waals surface area (Å²) < 4.78 is 5.71. The highest BCUT2D eigenvalue weighted by Gasteiger charge is 2.73. The fraction of sp³-hybridized carbons (Fsp3) is 0.318. The SMILES string of the molecule is O=C1[C@@H]2[C@H](C(=O)N1/N=C\c1ccc(-c3ccc([N+](=O)[O-])cc3)o1)[C@H]1C=C[C@@H]2C12CC2. The zero-order chi connectivity index (χ0) is 20.6. The highest BCUT2D eigenvalue weighted by Crippen LogP contribution is 2.73. The topological polar surface area (TPSA) is 106 Å². The number of furan rings is 1. The zero-order valence-corrected chi connectivity index (χ0v) is 15.8. The van der Waals surface area contributed by atoms with Gasteiger partial charge < -0.3 is 4.42 Å². The molecule has 8 heteroatoms. The van der Waals surface area contributed by atoms with E-state index in [1.807, 2.05) is 0 Å². The third-order valence-electron chi connectivity index (χ3n) is 7.12. The molecule has 4 atom stereocenters. The maximum Gasteiger partial charge on any atom is 0.269 e. The summed E-state index contributed by atoms with van der Waals surface area (Å²) in [5, 5.41) is 15.9. The Morgan fingerprint density at radius 2 is 1.67 bits per heavy atom. The average molecular weight is 403 g/mol. The van der Waals surface area contributed by atoms with Crippen molar-refractivity contribution in [3.8, 4) is 11.3 Å². The van der Waals surface area contributed by atoms with Crippen LogP contribution in [0.4, 0.5) is 5.69 Å². The highest BCUT2D eigenvalue weighted by molar-refractivity contribution is 6.07. The molecule has 0 N–H and O–H groups in total. The average Bonchev–Trinajstić information content (AvgIpc) is 3.03. The predicted molar refractivity (Wildman–Crippen MR) is 105 cm³/mol. The van der Waals surface area contributed by atoms with Crippen LogP contribution in [0.2, 0.25) is 0 Å². The molecule has 6 rings (SSSR count). The van der Waals surface area contributed by atoms with E-state index in [0.29, 0.717) is 17.1 Å². The number of imide groups is 1. The fourth-order valence-corrected chi connectivity index (χ4v) is 5.62. The number of carbonyl (C=O) groups excluding carboxylic acids is 2. The number of hydrazone groups is 1. The quantitative estimate of drug-likeness (QED) is 0.256. The van der Waals surface area contributed by atoms with Crippen LogP contribution in [0.25, 0.3) is 11.3 Å². The number of rotatable bonds is 4. The van der Waals surface area contributed by atoms with Crippen LogP contribution >= 0.6 is 0 Å². The maximum absolute atomic E-state index is 12.9. The summed E-state index contributed by atoms with van der Waals surface area (Å²) >= 11 is 0. The Labute approximate surface area is 171 Å². The van der Waals surface area contributed by atoms with Gasteiger partial charge in [0, 0.05) is 17.7 Å². The minimum atomic E-state index is -0.462. The molecule has 1 aromatic carbocycles. The Kier molecular flexibility index (Phi) is 3.32. The molecular weight excluding hydrogens is 386 g/mol. The van der Waals surface area contributed by atoms with Crippen molar-refractivity contribution in [2.45, 2.75) is 12.8 Å². The maximum atomic E-state index is 12.9. The third-order valence-corrected chi connectivity index (χ3v) is 7.12. The van der Waals surface area contributed by atoms with E-state index < -0.39 is 4.92 Å². The van der Waals surface area contributed by atoms with Crippen molar-refractivity contribution in [3.63, 3.8) is 0 Å². The normalized spacial score (nSPS) is 30.1. The van der Waals surface area contributed by atoms with Crippen molar-refractivity contribution in [3.05, 3.63) is 64.4 Å². The summed E-state index contributed by atoms with van der Waals surface area (Å²) in [7, 11) is 0. The lowest BCUT2D eigenvalue weighted by Gasteiger charge is -2.18. The second-order valence-electron chi connectivity index (χ2n) is 8.46. The number of nitro benzene ring substituents is 1. The smallest absolute Gasteiger partial charge is 0.269 e. The minimum absolute atomic E-state index is 0.000123. The number of non-ortho nitro benzene ring substituents is 1. The Bertz CT molecular complexity index is 1120. The summed E-state index contributed by atoms with van der Waals surface area (Å²) in [6, 6.07) is 9.40. The Morgan fingerprint density at radius 3 is 2.23 bits per heavy atom. The monoisotopic (exact) mass is 403 g/mol. The number of allylic oxidation sites excluding steroid dienone is 2. The predicted octanol–water partition coefficient (Wildman–Crippen LogP) is 3.39. The van der Waals surface area contributed by atoms with E-state index in [1.165, 1.54) is 18.3 Å². The van der Waals surface area contributed by atoms with Crippen molar-refractivity contribution in [2.75, 3.05) is 0 Å². The molecule has 1 aliphatic heterocycles. The van der Waals surface area contributed by atoms with Gasteiger partial charge in [0.1, 0.15) is 11.5 Å². The molecule has 150 valence electrons. The van der Waals surface area contributed by atoms with Gasteiger partial charge in [0.25, 0.3) is 17.5 Å². The molecular formula is C22H17N3O5. The van der Waals surface area contributed by atoms with Gasteiger partial charge >= 0.3 is 0 Å². The van der Waals surface area contributed by atoms with Crippen LogP contribution in [0.1, 0.15) is 18.6 Å². The lowest BCUT2D eigenvalue weighted by molar-refractivity contribution is -0.384. The van der Waals surface area contributed by atoms with Gasteiger partial charge in [0.15, 0.2) is 0 Å². The van der Waals surface area contributed by atoms with Crippen molar-refractivity contribution in [1.29, 1.82) is 0 Å². The van der Waals surface area contributed by atoms with Crippen molar-refractivity contribution in [2.24, 2.45) is 34.2 Å². The van der Waals surface area contributed by atoms with E-state index in [2.05, 4.69) is 17.3 Å². The van der Waals surface area contributed by atoms with Gasteiger partial charge in [-0.2, -0.15) is 10.1 Å². The number of nitro groups is 1. The van der Waals surface area contributed by atoms with E-state index in [1.54, 1.807) is 24.3 Å². The zero-order valence-electron chi connectivity index (χ0n) is 15.8. The van der Waals surface area contributed by atoms with Gasteiger partial charge in [-0.05, 0) is 54.4 Å². The molecule has 0 unspecified atom stereocenters. The first-order valence-electron chi connectivity index (χ1n) is 9.94. The summed E-state index contributed by atoms with van der Waals surface area (Å²) in [5.41, 5.74) is 0.845. The van der Waals surface area contributed by atoms with E-state index >= 15 is 0 Å². The highest BCUT2D eigenvalue weighted by atomic mass is 16.6. The number of amides is 2. The molecule has 2 amide bonds. The minimum Gasteiger partial charge on any atom is -0.455 e. The molecule has 2 aromatic rings. The van der Waals surface area contributed by atoms with Crippen LogP contribution in [-0.2, 0) is 9.59 Å². The lowest BCUT2D eigenvalue weighted by atomic mass is 9.85. The van der Waals surface area contributed by atoms with Gasteiger partial charge in [-0.25, -0.2) is 0 Å². The molecule has 8 nitrogen and oxygen atoms in total. The van der Waals surface area contributed by atoms with Crippen LogP contribution < -0.4 is 0 Å². The number of fused-ring (bicyclic) bond motifs is 3. The molecule has 1 aromatic heterocycles. The second kappa shape index (κ2) is 5.75. The first-order chi connectivity index (χ1) is 14.5. The van der Waals surface area contributed by atoms with Gasteiger partial charge in [0.05, 0.1) is 23.0 Å². The molecule has 2 saturated carbocycles. The van der Waals surface area contributed by atoms with Gasteiger partial charge in [-0.1, -0.05) is 12.2 Å². The number of hydrogen-bond donors (Lipinski definition) is 0. The van der Waals surface area contributed by atoms with Gasteiger partial charge in [0.2, 0.25) is 0 Å². The molecule has 3 aliphatic carbocycles. The molecule has 4 aliphatic rings. The molecule has 1 spiro atoms. The van der Waals surface area contributed by atoms with Crippen LogP contribution in [0, 0.1) is 39.2 Å². The van der Waals surface area contributed by atoms with Crippen LogP contribution in [-0.4, -0.2) is 28.0 Å². The van der Waals surface area contributed by atoms with Gasteiger partial charge in [-0.15, -0.1) is 0 Å². The first kappa shape index (κ1) is 17.3. The summed E-state index contributed by atoms with van der Waals surface area (Å²) in [6.45, 7) is 0. The first-order valence-corrected chi connectivity index (χ1v) is 9.94. The molecule has 3 fully saturated rings. The summed E-state index contributed by atoms with van der Waals surface area (Å²) in [5.74, 6) is 0.251. The Morgan fingerprint density at radius 1 is 1.03 bits per heavy atom. The third kappa shape index (κ3) is 2.18. The van der Waals surface area contributed by atoms with Crippen LogP contribution in [0.15, 0.2) is 58.1 Å². The molecule has 30 heavy (non-hydrogen) atoms. The second-order valence-corrected chi connectivity index (χ2v) is 8.46. The molecule has 1 saturated heterocycles. The van der Waals surface area contributed by atoms with Crippen molar-refractivity contribution < 1.29 is 18.9 Å². The molecule has 2 bridgehead atoms. The van der Waals surface area contributed by atoms with E-state index in [4.69, 9.17) is 4.42 Å². The van der Waals surface area contributed by atoms with Gasteiger partial charge in [-0.3, -0.25) is 19.7 Å². The number of carbonyl (C=O) groups is 2. The van der Waals surface area contributed by atoms with Crippen molar-refractivity contribution in [1.82, 2.24) is 5.01 Å². The van der Waals surface area contributed by atoms with Crippen LogP contribution in [0.5, 0.6) is 0 Å². The van der Waals surface area contributed by atoms with Crippen LogP contribution in [0.3, 0.4) is 0 Å². The summed E-state index contributed by atoms with van der Waals surface area (Å²) in [6.07, 6.45) is 7.82.